The highest BCUT2D eigenvalue weighted by atomic mass is 127. The number of rotatable bonds is 7. The van der Waals surface area contributed by atoms with Crippen molar-refractivity contribution < 1.29 is 4.74 Å². The van der Waals surface area contributed by atoms with Gasteiger partial charge in [-0.05, 0) is 43.7 Å². The number of hydrogen-bond donors (Lipinski definition) is 2. The van der Waals surface area contributed by atoms with E-state index in [-0.39, 0.29) is 24.0 Å². The minimum atomic E-state index is 0. The average Bonchev–Trinajstić information content (AvgIpc) is 2.56. The molecule has 2 rings (SSSR count). The van der Waals surface area contributed by atoms with Crippen LogP contribution in [-0.4, -0.2) is 39.3 Å². The summed E-state index contributed by atoms with van der Waals surface area (Å²) in [5.41, 5.74) is 3.00. The van der Waals surface area contributed by atoms with E-state index in [1.165, 1.54) is 30.4 Å². The second kappa shape index (κ2) is 11.7. The molecule has 0 radical (unpaired) electrons. The van der Waals surface area contributed by atoms with Crippen molar-refractivity contribution in [2.24, 2.45) is 4.99 Å². The molecule has 0 bridgehead atoms. The molecule has 4 nitrogen and oxygen atoms in total. The normalized spacial score (nSPS) is 17.1. The summed E-state index contributed by atoms with van der Waals surface area (Å²) < 4.78 is 5.08. The fourth-order valence-electron chi connectivity index (χ4n) is 3.01. The van der Waals surface area contributed by atoms with Crippen molar-refractivity contribution in [3.05, 3.63) is 35.4 Å². The number of aliphatic imine (C=N–C) groups is 1. The summed E-state index contributed by atoms with van der Waals surface area (Å²) in [6, 6.07) is 8.83. The molecule has 2 N–H and O–H groups in total. The van der Waals surface area contributed by atoms with Gasteiger partial charge in [-0.1, -0.05) is 24.3 Å². The van der Waals surface area contributed by atoms with E-state index < -0.39 is 0 Å². The Bertz CT molecular complexity index is 479. The van der Waals surface area contributed by atoms with E-state index in [0.717, 1.165) is 38.6 Å². The van der Waals surface area contributed by atoms with Gasteiger partial charge in [-0.3, -0.25) is 4.99 Å². The predicted octanol–water partition coefficient (Wildman–Crippen LogP) is 3.32. The molecule has 1 aromatic carbocycles. The van der Waals surface area contributed by atoms with E-state index in [9.17, 15) is 0 Å². The van der Waals surface area contributed by atoms with Gasteiger partial charge in [0.15, 0.2) is 5.96 Å². The summed E-state index contributed by atoms with van der Waals surface area (Å²) in [7, 11) is 1.74. The third kappa shape index (κ3) is 6.67. The third-order valence-corrected chi connectivity index (χ3v) is 4.13. The first-order valence-electron chi connectivity index (χ1n) is 8.44. The maximum atomic E-state index is 5.08. The number of fused-ring (bicyclic) bond motifs is 1. The molecule has 1 aliphatic carbocycles. The number of halogens is 1. The van der Waals surface area contributed by atoms with Crippen LogP contribution in [0.2, 0.25) is 0 Å². The number of nitrogens with one attached hydrogen (secondary N) is 2. The van der Waals surface area contributed by atoms with Gasteiger partial charge in [-0.2, -0.15) is 0 Å². The highest BCUT2D eigenvalue weighted by Crippen LogP contribution is 2.31. The summed E-state index contributed by atoms with van der Waals surface area (Å²) in [6.45, 7) is 5.51. The number of aryl methyl sites for hydroxylation is 1. The van der Waals surface area contributed by atoms with Crippen molar-refractivity contribution in [2.75, 3.05) is 33.4 Å². The maximum Gasteiger partial charge on any atom is 0.191 e. The molecule has 0 fully saturated rings. The largest absolute Gasteiger partial charge is 0.385 e. The molecular formula is C18H30IN3O. The molecule has 0 saturated heterocycles. The van der Waals surface area contributed by atoms with Crippen molar-refractivity contribution in [1.29, 1.82) is 0 Å². The van der Waals surface area contributed by atoms with Crippen LogP contribution >= 0.6 is 24.0 Å². The Hall–Kier alpha value is -0.820. The highest BCUT2D eigenvalue weighted by Gasteiger charge is 2.19. The van der Waals surface area contributed by atoms with Gasteiger partial charge in [0.25, 0.3) is 0 Å². The Morgan fingerprint density at radius 2 is 2.13 bits per heavy atom. The second-order valence-electron chi connectivity index (χ2n) is 5.78. The van der Waals surface area contributed by atoms with Gasteiger partial charge in [-0.25, -0.2) is 0 Å². The summed E-state index contributed by atoms with van der Waals surface area (Å²) >= 11 is 0. The number of methoxy groups -OCH3 is 1. The number of ether oxygens (including phenoxy) is 1. The quantitative estimate of drug-likeness (QED) is 0.301. The average molecular weight is 431 g/mol. The summed E-state index contributed by atoms with van der Waals surface area (Å²) in [5.74, 6) is 1.47. The molecule has 1 atom stereocenters. The summed E-state index contributed by atoms with van der Waals surface area (Å²) in [6.07, 6.45) is 4.72. The molecule has 0 spiro atoms. The molecule has 0 saturated carbocycles. The molecule has 0 aromatic heterocycles. The first-order chi connectivity index (χ1) is 10.8. The fourth-order valence-corrected chi connectivity index (χ4v) is 3.01. The lowest BCUT2D eigenvalue weighted by Crippen LogP contribution is -2.38. The van der Waals surface area contributed by atoms with Crippen molar-refractivity contribution in [2.45, 2.75) is 38.5 Å². The zero-order valence-corrected chi connectivity index (χ0v) is 16.6. The van der Waals surface area contributed by atoms with Crippen LogP contribution in [0.25, 0.3) is 0 Å². The number of hydrogen-bond acceptors (Lipinski definition) is 2. The van der Waals surface area contributed by atoms with E-state index in [4.69, 9.17) is 9.73 Å². The number of benzene rings is 1. The maximum absolute atomic E-state index is 5.08. The van der Waals surface area contributed by atoms with Crippen LogP contribution in [-0.2, 0) is 11.2 Å². The highest BCUT2D eigenvalue weighted by molar-refractivity contribution is 14.0. The van der Waals surface area contributed by atoms with Gasteiger partial charge in [0.05, 0.1) is 0 Å². The van der Waals surface area contributed by atoms with Crippen LogP contribution in [0.15, 0.2) is 29.3 Å². The molecule has 0 aliphatic heterocycles. The smallest absolute Gasteiger partial charge is 0.191 e. The standard InChI is InChI=1S/C18H29N3O.HI/c1-3-19-18(20-12-7-13-22-2)21-14-16-10-6-9-15-8-4-5-11-17(15)16;/h4-5,8,11,16H,3,6-7,9-10,12-14H2,1-2H3,(H2,19,20,21);1H. The molecule has 5 heteroatoms. The van der Waals surface area contributed by atoms with Crippen molar-refractivity contribution in [1.82, 2.24) is 10.6 Å². The zero-order valence-electron chi connectivity index (χ0n) is 14.3. The molecule has 0 amide bonds. The Morgan fingerprint density at radius 1 is 1.30 bits per heavy atom. The number of guanidine groups is 1. The van der Waals surface area contributed by atoms with Gasteiger partial charge in [-0.15, -0.1) is 24.0 Å². The fraction of sp³-hybridized carbons (Fsp3) is 0.611. The first-order valence-corrected chi connectivity index (χ1v) is 8.44. The minimum absolute atomic E-state index is 0. The molecule has 1 unspecified atom stereocenters. The van der Waals surface area contributed by atoms with E-state index in [1.54, 1.807) is 7.11 Å². The Balaban J connectivity index is 0.00000264. The van der Waals surface area contributed by atoms with Gasteiger partial charge < -0.3 is 15.4 Å². The molecular weight excluding hydrogens is 401 g/mol. The summed E-state index contributed by atoms with van der Waals surface area (Å²) in [5, 5.41) is 6.70. The Kier molecular flexibility index (Phi) is 10.3. The van der Waals surface area contributed by atoms with E-state index >= 15 is 0 Å². The monoisotopic (exact) mass is 431 g/mol. The third-order valence-electron chi connectivity index (χ3n) is 4.13. The van der Waals surface area contributed by atoms with E-state index in [1.807, 2.05) is 0 Å². The molecule has 1 aromatic rings. The predicted molar refractivity (Wildman–Crippen MR) is 108 cm³/mol. The Labute approximate surface area is 157 Å². The van der Waals surface area contributed by atoms with Crippen molar-refractivity contribution in [3.63, 3.8) is 0 Å². The zero-order chi connectivity index (χ0) is 15.6. The lowest BCUT2D eigenvalue weighted by atomic mass is 9.83. The SMILES string of the molecule is CCNC(=NCC1CCCc2ccccc21)NCCCOC.I. The molecule has 1 aliphatic rings. The van der Waals surface area contributed by atoms with Crippen LogP contribution in [0.4, 0.5) is 0 Å². The van der Waals surface area contributed by atoms with Crippen LogP contribution in [0.1, 0.15) is 43.2 Å². The van der Waals surface area contributed by atoms with Crippen molar-refractivity contribution >= 4 is 29.9 Å². The van der Waals surface area contributed by atoms with Gasteiger partial charge in [0.1, 0.15) is 0 Å². The van der Waals surface area contributed by atoms with Crippen LogP contribution < -0.4 is 10.6 Å². The minimum Gasteiger partial charge on any atom is -0.385 e. The van der Waals surface area contributed by atoms with Crippen LogP contribution in [0, 0.1) is 0 Å². The summed E-state index contributed by atoms with van der Waals surface area (Å²) in [4.78, 5) is 4.79. The second-order valence-corrected chi connectivity index (χ2v) is 5.78. The Morgan fingerprint density at radius 3 is 2.91 bits per heavy atom. The van der Waals surface area contributed by atoms with Crippen LogP contribution in [0.3, 0.4) is 0 Å². The van der Waals surface area contributed by atoms with Gasteiger partial charge >= 0.3 is 0 Å². The van der Waals surface area contributed by atoms with Crippen LogP contribution in [0.5, 0.6) is 0 Å². The molecule has 130 valence electrons. The van der Waals surface area contributed by atoms with E-state index in [0.29, 0.717) is 5.92 Å². The lowest BCUT2D eigenvalue weighted by Gasteiger charge is -2.24. The lowest BCUT2D eigenvalue weighted by molar-refractivity contribution is 0.195. The topological polar surface area (TPSA) is 45.7 Å². The first kappa shape index (κ1) is 20.2. The van der Waals surface area contributed by atoms with E-state index in [2.05, 4.69) is 41.8 Å². The number of nitrogens with zero attached hydrogens (tertiary/aromatic N) is 1. The molecule has 0 heterocycles. The van der Waals surface area contributed by atoms with Gasteiger partial charge in [0, 0.05) is 39.3 Å². The van der Waals surface area contributed by atoms with Crippen molar-refractivity contribution in [3.8, 4) is 0 Å². The molecule has 23 heavy (non-hydrogen) atoms. The van der Waals surface area contributed by atoms with Gasteiger partial charge in [0.2, 0.25) is 0 Å².